The number of hydrogen-bond donors (Lipinski definition) is 1. The van der Waals surface area contributed by atoms with Crippen molar-refractivity contribution in [1.29, 1.82) is 0 Å². The van der Waals surface area contributed by atoms with Gasteiger partial charge in [-0.1, -0.05) is 31.9 Å². The molecule has 20 heavy (non-hydrogen) atoms. The van der Waals surface area contributed by atoms with Gasteiger partial charge in [-0.15, -0.1) is 0 Å². The molecule has 110 valence electrons. The average molecular weight is 276 g/mol. The molecular weight excluding hydrogens is 252 g/mol. The molecule has 1 heterocycles. The molecule has 0 amide bonds. The average Bonchev–Trinajstić information content (AvgIpc) is 2.82. The summed E-state index contributed by atoms with van der Waals surface area (Å²) in [7, 11) is 0. The van der Waals surface area contributed by atoms with Gasteiger partial charge in [0.25, 0.3) is 0 Å². The Morgan fingerprint density at radius 3 is 2.75 bits per heavy atom. The Morgan fingerprint density at radius 1 is 1.40 bits per heavy atom. The molecule has 1 aromatic rings. The zero-order valence-electron chi connectivity index (χ0n) is 12.6. The first-order valence-corrected chi connectivity index (χ1v) is 7.46. The normalized spacial score (nSPS) is 17.7. The first kappa shape index (κ1) is 15.0. The summed E-state index contributed by atoms with van der Waals surface area (Å²) >= 11 is 0. The van der Waals surface area contributed by atoms with Gasteiger partial charge < -0.3 is 9.84 Å². The van der Waals surface area contributed by atoms with Crippen LogP contribution in [0.25, 0.3) is 0 Å². The molecule has 0 aliphatic carbocycles. The van der Waals surface area contributed by atoms with Crippen LogP contribution in [0.4, 0.5) is 0 Å². The molecule has 0 bridgehead atoms. The monoisotopic (exact) mass is 276 g/mol. The number of fused-ring (bicyclic) bond motifs is 1. The van der Waals surface area contributed by atoms with E-state index in [1.54, 1.807) is 13.8 Å². The van der Waals surface area contributed by atoms with Gasteiger partial charge in [-0.2, -0.15) is 0 Å². The molecule has 0 saturated carbocycles. The predicted molar refractivity (Wildman–Crippen MR) is 79.5 cm³/mol. The van der Waals surface area contributed by atoms with E-state index >= 15 is 0 Å². The van der Waals surface area contributed by atoms with E-state index in [1.807, 2.05) is 12.1 Å². The van der Waals surface area contributed by atoms with Crippen molar-refractivity contribution < 1.29 is 14.6 Å². The highest BCUT2D eigenvalue weighted by Crippen LogP contribution is 2.37. The summed E-state index contributed by atoms with van der Waals surface area (Å²) in [5, 5.41) is 10.1. The fourth-order valence-corrected chi connectivity index (χ4v) is 2.68. The van der Waals surface area contributed by atoms with E-state index in [4.69, 9.17) is 4.74 Å². The lowest BCUT2D eigenvalue weighted by Gasteiger charge is -2.24. The summed E-state index contributed by atoms with van der Waals surface area (Å²) in [6.07, 6.45) is 5.61. The molecular formula is C17H24O3. The van der Waals surface area contributed by atoms with Crippen molar-refractivity contribution in [3.63, 3.8) is 0 Å². The van der Waals surface area contributed by atoms with Gasteiger partial charge in [0.15, 0.2) is 6.29 Å². The summed E-state index contributed by atoms with van der Waals surface area (Å²) < 4.78 is 5.86. The second-order valence-electron chi connectivity index (χ2n) is 6.17. The summed E-state index contributed by atoms with van der Waals surface area (Å²) in [4.78, 5) is 11.4. The van der Waals surface area contributed by atoms with E-state index in [-0.39, 0.29) is 6.10 Å². The fourth-order valence-electron chi connectivity index (χ4n) is 2.68. The number of ether oxygens (including phenoxy) is 1. The van der Waals surface area contributed by atoms with Gasteiger partial charge >= 0.3 is 0 Å². The number of carbonyl (C=O) groups is 1. The third kappa shape index (κ3) is 3.04. The molecule has 1 unspecified atom stereocenters. The number of unbranched alkanes of at least 4 members (excludes halogenated alkanes) is 2. The van der Waals surface area contributed by atoms with Crippen LogP contribution in [0.2, 0.25) is 0 Å². The molecule has 0 radical (unpaired) electrons. The Bertz CT molecular complexity index is 486. The number of benzene rings is 1. The Kier molecular flexibility index (Phi) is 4.48. The molecule has 3 nitrogen and oxygen atoms in total. The number of rotatable bonds is 6. The number of aliphatic hydroxyl groups is 1. The van der Waals surface area contributed by atoms with E-state index in [0.717, 1.165) is 30.3 Å². The van der Waals surface area contributed by atoms with Gasteiger partial charge in [-0.3, -0.25) is 4.79 Å². The first-order chi connectivity index (χ1) is 9.47. The molecule has 1 atom stereocenters. The van der Waals surface area contributed by atoms with Crippen LogP contribution in [0.5, 0.6) is 5.75 Å². The molecule has 1 aromatic carbocycles. The molecule has 2 rings (SSSR count). The van der Waals surface area contributed by atoms with Crippen LogP contribution in [0.1, 0.15) is 61.5 Å². The van der Waals surface area contributed by atoms with E-state index in [9.17, 15) is 9.90 Å². The Hall–Kier alpha value is -1.35. The van der Waals surface area contributed by atoms with Crippen LogP contribution in [0.15, 0.2) is 12.1 Å². The summed E-state index contributed by atoms with van der Waals surface area (Å²) in [6, 6.07) is 4.07. The van der Waals surface area contributed by atoms with Gasteiger partial charge in [0.05, 0.1) is 11.2 Å². The van der Waals surface area contributed by atoms with Crippen LogP contribution < -0.4 is 4.74 Å². The van der Waals surface area contributed by atoms with Crippen molar-refractivity contribution in [2.24, 2.45) is 0 Å². The second kappa shape index (κ2) is 5.96. The summed E-state index contributed by atoms with van der Waals surface area (Å²) in [5.74, 6) is 0.682. The van der Waals surface area contributed by atoms with Crippen LogP contribution >= 0.6 is 0 Å². The zero-order chi connectivity index (χ0) is 14.8. The molecule has 0 saturated heterocycles. The Balaban J connectivity index is 2.24. The molecule has 1 N–H and O–H groups in total. The molecule has 0 fully saturated rings. The van der Waals surface area contributed by atoms with E-state index < -0.39 is 5.60 Å². The van der Waals surface area contributed by atoms with Crippen LogP contribution in [0, 0.1) is 0 Å². The molecule has 1 aliphatic rings. The van der Waals surface area contributed by atoms with Crippen molar-refractivity contribution in [2.75, 3.05) is 0 Å². The minimum absolute atomic E-state index is 0.276. The van der Waals surface area contributed by atoms with Gasteiger partial charge in [0.1, 0.15) is 11.9 Å². The summed E-state index contributed by atoms with van der Waals surface area (Å²) in [5.41, 5.74) is 1.86. The molecule has 3 heteroatoms. The highest BCUT2D eigenvalue weighted by Gasteiger charge is 2.36. The highest BCUT2D eigenvalue weighted by atomic mass is 16.5. The molecule has 0 spiro atoms. The number of aldehydes is 1. The zero-order valence-corrected chi connectivity index (χ0v) is 12.6. The maximum atomic E-state index is 11.4. The maximum absolute atomic E-state index is 11.4. The minimum Gasteiger partial charge on any atom is -0.486 e. The van der Waals surface area contributed by atoms with Gasteiger partial charge in [-0.05, 0) is 37.8 Å². The number of carbonyl (C=O) groups excluding carboxylic acids is 1. The van der Waals surface area contributed by atoms with Gasteiger partial charge in [0.2, 0.25) is 0 Å². The standard InChI is InChI=1S/C17H24O3/c1-4-5-6-7-12-8-9-13-10-15(17(2,3)19)20-16(13)14(12)11-18/h8-9,11,15,19H,4-7,10H2,1-3H3. The maximum Gasteiger partial charge on any atom is 0.154 e. The van der Waals surface area contributed by atoms with Crippen molar-refractivity contribution in [2.45, 2.75) is 64.6 Å². The van der Waals surface area contributed by atoms with E-state index in [1.165, 1.54) is 12.8 Å². The lowest BCUT2D eigenvalue weighted by atomic mass is 9.94. The smallest absolute Gasteiger partial charge is 0.154 e. The molecule has 0 aromatic heterocycles. The largest absolute Gasteiger partial charge is 0.486 e. The van der Waals surface area contributed by atoms with Crippen molar-refractivity contribution in [3.05, 3.63) is 28.8 Å². The third-order valence-corrected chi connectivity index (χ3v) is 3.99. The predicted octanol–water partition coefficient (Wildman–Crippen LogP) is 3.31. The Morgan fingerprint density at radius 2 is 2.15 bits per heavy atom. The van der Waals surface area contributed by atoms with Crippen molar-refractivity contribution in [1.82, 2.24) is 0 Å². The SMILES string of the molecule is CCCCCc1ccc2c(c1C=O)OC(C(C)(C)O)C2. The van der Waals surface area contributed by atoms with Crippen molar-refractivity contribution in [3.8, 4) is 5.75 Å². The Labute approximate surface area is 121 Å². The second-order valence-corrected chi connectivity index (χ2v) is 6.17. The quantitative estimate of drug-likeness (QED) is 0.640. The third-order valence-electron chi connectivity index (χ3n) is 3.99. The number of aryl methyl sites for hydroxylation is 1. The topological polar surface area (TPSA) is 46.5 Å². The highest BCUT2D eigenvalue weighted by molar-refractivity contribution is 5.83. The van der Waals surface area contributed by atoms with Crippen LogP contribution in [-0.2, 0) is 12.8 Å². The fraction of sp³-hybridized carbons (Fsp3) is 0.588. The van der Waals surface area contributed by atoms with Gasteiger partial charge in [-0.25, -0.2) is 0 Å². The van der Waals surface area contributed by atoms with Crippen LogP contribution in [0.3, 0.4) is 0 Å². The molecule has 1 aliphatic heterocycles. The number of hydrogen-bond acceptors (Lipinski definition) is 3. The van der Waals surface area contributed by atoms with Crippen LogP contribution in [-0.4, -0.2) is 23.1 Å². The summed E-state index contributed by atoms with van der Waals surface area (Å²) in [6.45, 7) is 5.65. The van der Waals surface area contributed by atoms with Crippen molar-refractivity contribution >= 4 is 6.29 Å². The minimum atomic E-state index is -0.901. The lowest BCUT2D eigenvalue weighted by molar-refractivity contribution is -0.0231. The first-order valence-electron chi connectivity index (χ1n) is 7.46. The van der Waals surface area contributed by atoms with E-state index in [2.05, 4.69) is 6.92 Å². The van der Waals surface area contributed by atoms with E-state index in [0.29, 0.717) is 17.7 Å². The van der Waals surface area contributed by atoms with Gasteiger partial charge in [0, 0.05) is 6.42 Å². The lowest BCUT2D eigenvalue weighted by Crippen LogP contribution is -2.39.